The van der Waals surface area contributed by atoms with Crippen LogP contribution in [0.5, 0.6) is 0 Å². The van der Waals surface area contributed by atoms with Gasteiger partial charge in [0.2, 0.25) is 0 Å². The summed E-state index contributed by atoms with van der Waals surface area (Å²) in [5.41, 5.74) is 0.442. The van der Waals surface area contributed by atoms with E-state index in [0.717, 1.165) is 26.1 Å². The first-order valence-corrected chi connectivity index (χ1v) is 6.55. The molecule has 1 unspecified atom stereocenters. The number of hydrogen-bond acceptors (Lipinski definition) is 5. The lowest BCUT2D eigenvalue weighted by Gasteiger charge is -2.30. The Bertz CT molecular complexity index is 393. The van der Waals surface area contributed by atoms with Gasteiger partial charge in [0.25, 0.3) is 5.91 Å². The zero-order valence-electron chi connectivity index (χ0n) is 10.8. The summed E-state index contributed by atoms with van der Waals surface area (Å²) in [6, 6.07) is -0.0263. The Labute approximate surface area is 112 Å². The number of rotatable bonds is 5. The molecule has 0 aromatic carbocycles. The summed E-state index contributed by atoms with van der Waals surface area (Å²) >= 11 is 0. The molecule has 1 aromatic rings. The number of hydrogen-bond donors (Lipinski definition) is 2. The van der Waals surface area contributed by atoms with Crippen LogP contribution >= 0.6 is 0 Å². The van der Waals surface area contributed by atoms with E-state index in [4.69, 9.17) is 9.84 Å². The number of aliphatic hydroxyl groups excluding tert-OH is 1. The maximum Gasteiger partial charge on any atom is 0.254 e. The Balaban J connectivity index is 1.97. The summed E-state index contributed by atoms with van der Waals surface area (Å²) in [5, 5.41) is 12.1. The summed E-state index contributed by atoms with van der Waals surface area (Å²) in [7, 11) is 0. The third kappa shape index (κ3) is 3.97. The normalized spacial score (nSPS) is 17.9. The molecule has 1 saturated heterocycles. The highest BCUT2D eigenvalue weighted by molar-refractivity contribution is 5.93. The van der Waals surface area contributed by atoms with Crippen LogP contribution < -0.4 is 5.32 Å². The van der Waals surface area contributed by atoms with Crippen LogP contribution in [0.25, 0.3) is 0 Å². The van der Waals surface area contributed by atoms with Crippen LogP contribution in [-0.2, 0) is 4.74 Å². The van der Waals surface area contributed by atoms with Gasteiger partial charge in [-0.15, -0.1) is 0 Å². The average molecular weight is 265 g/mol. The largest absolute Gasteiger partial charge is 0.396 e. The minimum Gasteiger partial charge on any atom is -0.396 e. The molecular formula is C13H19N3O3. The van der Waals surface area contributed by atoms with Gasteiger partial charge in [0.15, 0.2) is 0 Å². The van der Waals surface area contributed by atoms with Crippen molar-refractivity contribution in [3.63, 3.8) is 0 Å². The summed E-state index contributed by atoms with van der Waals surface area (Å²) < 4.78 is 5.32. The number of nitrogens with zero attached hydrogens (tertiary/aromatic N) is 2. The number of aliphatic hydroxyl groups is 1. The highest BCUT2D eigenvalue weighted by Gasteiger charge is 2.25. The fraction of sp³-hybridized carbons (Fsp3) is 0.615. The first kappa shape index (κ1) is 13.9. The standard InChI is InChI=1S/C13H19N3O3/c17-4-1-12(10-2-5-19-6-3-10)16-13(18)11-7-14-9-15-8-11/h7-10,12,17H,1-6H2,(H,16,18). The Kier molecular flexibility index (Phi) is 5.23. The molecule has 2 rings (SSSR count). The highest BCUT2D eigenvalue weighted by Crippen LogP contribution is 2.21. The van der Waals surface area contributed by atoms with Gasteiger partial charge in [0, 0.05) is 38.3 Å². The second kappa shape index (κ2) is 7.16. The third-order valence-corrected chi connectivity index (χ3v) is 3.41. The van der Waals surface area contributed by atoms with E-state index in [2.05, 4.69) is 15.3 Å². The van der Waals surface area contributed by atoms with E-state index in [0.29, 0.717) is 17.9 Å². The van der Waals surface area contributed by atoms with Crippen molar-refractivity contribution in [2.75, 3.05) is 19.8 Å². The van der Waals surface area contributed by atoms with Crippen LogP contribution in [0.15, 0.2) is 18.7 Å². The van der Waals surface area contributed by atoms with Crippen molar-refractivity contribution in [2.24, 2.45) is 5.92 Å². The van der Waals surface area contributed by atoms with Gasteiger partial charge >= 0.3 is 0 Å². The minimum atomic E-state index is -0.189. The summed E-state index contributed by atoms with van der Waals surface area (Å²) in [5.74, 6) is 0.167. The van der Waals surface area contributed by atoms with Crippen LogP contribution in [0, 0.1) is 5.92 Å². The summed E-state index contributed by atoms with van der Waals surface area (Å²) in [6.45, 7) is 1.50. The van der Waals surface area contributed by atoms with Crippen LogP contribution in [0.3, 0.4) is 0 Å². The van der Waals surface area contributed by atoms with Crippen molar-refractivity contribution >= 4 is 5.91 Å². The number of carbonyl (C=O) groups is 1. The molecule has 6 nitrogen and oxygen atoms in total. The van der Waals surface area contributed by atoms with Crippen molar-refractivity contribution in [2.45, 2.75) is 25.3 Å². The molecule has 0 radical (unpaired) electrons. The smallest absolute Gasteiger partial charge is 0.254 e. The van der Waals surface area contributed by atoms with E-state index in [9.17, 15) is 4.79 Å². The van der Waals surface area contributed by atoms with Gasteiger partial charge in [-0.1, -0.05) is 0 Å². The van der Waals surface area contributed by atoms with Crippen molar-refractivity contribution < 1.29 is 14.6 Å². The lowest BCUT2D eigenvalue weighted by Crippen LogP contribution is -2.43. The van der Waals surface area contributed by atoms with Crippen LogP contribution in [0.1, 0.15) is 29.6 Å². The molecule has 0 bridgehead atoms. The zero-order chi connectivity index (χ0) is 13.5. The Morgan fingerprint density at radius 1 is 1.42 bits per heavy atom. The molecule has 6 heteroatoms. The van der Waals surface area contributed by atoms with E-state index in [1.54, 1.807) is 0 Å². The average Bonchev–Trinajstić information content (AvgIpc) is 2.48. The van der Waals surface area contributed by atoms with Gasteiger partial charge in [-0.05, 0) is 25.2 Å². The Hall–Kier alpha value is -1.53. The van der Waals surface area contributed by atoms with Gasteiger partial charge < -0.3 is 15.2 Å². The van der Waals surface area contributed by atoms with Gasteiger partial charge in [-0.3, -0.25) is 4.79 Å². The zero-order valence-corrected chi connectivity index (χ0v) is 10.8. The van der Waals surface area contributed by atoms with Crippen molar-refractivity contribution in [1.29, 1.82) is 0 Å². The van der Waals surface area contributed by atoms with Crippen LogP contribution in [-0.4, -0.2) is 46.8 Å². The van der Waals surface area contributed by atoms with Gasteiger partial charge in [-0.2, -0.15) is 0 Å². The molecule has 0 aliphatic carbocycles. The Morgan fingerprint density at radius 3 is 2.74 bits per heavy atom. The molecule has 1 aromatic heterocycles. The molecule has 0 spiro atoms. The van der Waals surface area contributed by atoms with E-state index in [1.165, 1.54) is 18.7 Å². The first-order chi connectivity index (χ1) is 9.31. The predicted molar refractivity (Wildman–Crippen MR) is 68.5 cm³/mol. The molecule has 2 N–H and O–H groups in total. The highest BCUT2D eigenvalue weighted by atomic mass is 16.5. The minimum absolute atomic E-state index is 0.0263. The number of nitrogens with one attached hydrogen (secondary N) is 1. The molecule has 19 heavy (non-hydrogen) atoms. The molecule has 2 heterocycles. The van der Waals surface area contributed by atoms with Crippen LogP contribution in [0.4, 0.5) is 0 Å². The fourth-order valence-electron chi connectivity index (χ4n) is 2.35. The second-order valence-corrected chi connectivity index (χ2v) is 4.67. The van der Waals surface area contributed by atoms with Gasteiger partial charge in [0.05, 0.1) is 5.56 Å². The molecule has 104 valence electrons. The second-order valence-electron chi connectivity index (χ2n) is 4.67. The monoisotopic (exact) mass is 265 g/mol. The fourth-order valence-corrected chi connectivity index (χ4v) is 2.35. The maximum absolute atomic E-state index is 12.1. The summed E-state index contributed by atoms with van der Waals surface area (Å²) in [6.07, 6.45) is 6.75. The van der Waals surface area contributed by atoms with E-state index >= 15 is 0 Å². The number of carbonyl (C=O) groups excluding carboxylic acids is 1. The summed E-state index contributed by atoms with van der Waals surface area (Å²) in [4.78, 5) is 19.7. The van der Waals surface area contributed by atoms with E-state index in [1.807, 2.05) is 0 Å². The SMILES string of the molecule is O=C(NC(CCO)C1CCOCC1)c1cncnc1. The molecule has 1 amide bonds. The van der Waals surface area contributed by atoms with E-state index in [-0.39, 0.29) is 18.6 Å². The topological polar surface area (TPSA) is 84.3 Å². The van der Waals surface area contributed by atoms with Crippen molar-refractivity contribution in [1.82, 2.24) is 15.3 Å². The lowest BCUT2D eigenvalue weighted by molar-refractivity contribution is 0.0478. The number of aromatic nitrogens is 2. The van der Waals surface area contributed by atoms with Gasteiger partial charge in [-0.25, -0.2) is 9.97 Å². The van der Waals surface area contributed by atoms with E-state index < -0.39 is 0 Å². The number of amides is 1. The van der Waals surface area contributed by atoms with Crippen LogP contribution in [0.2, 0.25) is 0 Å². The quantitative estimate of drug-likeness (QED) is 0.804. The molecule has 1 atom stereocenters. The molecule has 1 aliphatic heterocycles. The van der Waals surface area contributed by atoms with Crippen molar-refractivity contribution in [3.05, 3.63) is 24.3 Å². The molecule has 1 fully saturated rings. The van der Waals surface area contributed by atoms with Crippen molar-refractivity contribution in [3.8, 4) is 0 Å². The van der Waals surface area contributed by atoms with Gasteiger partial charge in [0.1, 0.15) is 6.33 Å². The Morgan fingerprint density at radius 2 is 2.11 bits per heavy atom. The predicted octanol–water partition coefficient (Wildman–Crippen LogP) is 0.384. The maximum atomic E-state index is 12.1. The molecule has 1 aliphatic rings. The number of ether oxygens (including phenoxy) is 1. The first-order valence-electron chi connectivity index (χ1n) is 6.55. The third-order valence-electron chi connectivity index (χ3n) is 3.41. The lowest BCUT2D eigenvalue weighted by atomic mass is 9.89. The molecular weight excluding hydrogens is 246 g/mol. The molecule has 0 saturated carbocycles.